The number of amides is 1. The minimum atomic E-state index is -0.126. The molecule has 30 heavy (non-hydrogen) atoms. The third kappa shape index (κ3) is 4.16. The zero-order valence-corrected chi connectivity index (χ0v) is 18.0. The van der Waals surface area contributed by atoms with E-state index in [9.17, 15) is 4.79 Å². The highest BCUT2D eigenvalue weighted by Gasteiger charge is 2.30. The molecule has 1 amide bonds. The van der Waals surface area contributed by atoms with Crippen LogP contribution < -0.4 is 9.64 Å². The third-order valence-electron chi connectivity index (χ3n) is 5.87. The zero-order chi connectivity index (χ0) is 20.5. The van der Waals surface area contributed by atoms with Crippen molar-refractivity contribution in [3.05, 3.63) is 70.1 Å². The number of hydrogen-bond donors (Lipinski definition) is 1. The van der Waals surface area contributed by atoms with Crippen molar-refractivity contribution in [1.29, 1.82) is 0 Å². The van der Waals surface area contributed by atoms with E-state index in [0.717, 1.165) is 55.6 Å². The van der Waals surface area contributed by atoms with Crippen molar-refractivity contribution in [3.63, 3.8) is 0 Å². The van der Waals surface area contributed by atoms with Crippen molar-refractivity contribution in [1.82, 2.24) is 4.90 Å². The van der Waals surface area contributed by atoms with E-state index < -0.39 is 0 Å². The number of carbonyl (C=O) groups excluding carboxylic acids is 1. The summed E-state index contributed by atoms with van der Waals surface area (Å²) in [5, 5.41) is 0.850. The second-order valence-electron chi connectivity index (χ2n) is 8.21. The number of nitrogens with zero attached hydrogens (tertiary/aromatic N) is 2. The number of ether oxygens (including phenoxy) is 1. The molecule has 3 heterocycles. The minimum Gasteiger partial charge on any atom is -0.490 e. The zero-order valence-electron chi connectivity index (χ0n) is 17.1. The lowest BCUT2D eigenvalue weighted by molar-refractivity contribution is -0.917. The van der Waals surface area contributed by atoms with Gasteiger partial charge in [-0.2, -0.15) is 4.99 Å². The van der Waals surface area contributed by atoms with Crippen LogP contribution in [0.2, 0.25) is 0 Å². The standard InChI is InChI=1S/C24H25N3O2S/c1-17-13-20-14-19(7-8-21(20)29-17)15-22-23(28)25-24(30-22)27-11-9-26(10-12-27)16-18-5-3-2-4-6-18/h2-8,14-15,17H,9-13,16H2,1H3/p+1/b22-15+/t17-/m1/s1. The molecule has 0 bridgehead atoms. The molecular formula is C24H26N3O2S+. The number of hydrogen-bond acceptors (Lipinski definition) is 4. The van der Waals surface area contributed by atoms with Crippen molar-refractivity contribution in [3.8, 4) is 5.75 Å². The summed E-state index contributed by atoms with van der Waals surface area (Å²) in [6.45, 7) is 7.12. The maximum atomic E-state index is 12.5. The second-order valence-corrected chi connectivity index (χ2v) is 9.22. The molecule has 0 saturated carbocycles. The van der Waals surface area contributed by atoms with E-state index in [4.69, 9.17) is 4.74 Å². The molecule has 1 saturated heterocycles. The van der Waals surface area contributed by atoms with E-state index in [2.05, 4.69) is 53.2 Å². The number of fused-ring (bicyclic) bond motifs is 1. The van der Waals surface area contributed by atoms with Crippen LogP contribution in [0.25, 0.3) is 6.08 Å². The fourth-order valence-corrected chi connectivity index (χ4v) is 5.26. The summed E-state index contributed by atoms with van der Waals surface area (Å²) in [6, 6.07) is 16.8. The molecular weight excluding hydrogens is 394 g/mol. The average molecular weight is 421 g/mol. The van der Waals surface area contributed by atoms with E-state index in [1.165, 1.54) is 22.9 Å². The van der Waals surface area contributed by atoms with Crippen LogP contribution in [0.1, 0.15) is 23.6 Å². The molecule has 1 atom stereocenters. The number of aliphatic imine (C=N–C) groups is 1. The van der Waals surface area contributed by atoms with Crippen LogP contribution in [0, 0.1) is 0 Å². The number of carbonyl (C=O) groups is 1. The van der Waals surface area contributed by atoms with Gasteiger partial charge in [0.2, 0.25) is 0 Å². The maximum absolute atomic E-state index is 12.5. The number of thioether (sulfide) groups is 1. The Balaban J connectivity index is 1.20. The molecule has 0 aliphatic carbocycles. The molecule has 1 N–H and O–H groups in total. The molecule has 0 spiro atoms. The predicted molar refractivity (Wildman–Crippen MR) is 121 cm³/mol. The Morgan fingerprint density at radius 2 is 2.00 bits per heavy atom. The van der Waals surface area contributed by atoms with Crippen molar-refractivity contribution in [2.75, 3.05) is 26.2 Å². The first-order chi connectivity index (χ1) is 14.6. The van der Waals surface area contributed by atoms with E-state index in [1.54, 1.807) is 4.90 Å². The number of quaternary nitrogens is 1. The van der Waals surface area contributed by atoms with Crippen LogP contribution in [0.3, 0.4) is 0 Å². The van der Waals surface area contributed by atoms with Crippen molar-refractivity contribution >= 4 is 28.9 Å². The van der Waals surface area contributed by atoms with Gasteiger partial charge in [0.1, 0.15) is 18.4 Å². The Hall–Kier alpha value is -2.57. The molecule has 2 aromatic rings. The van der Waals surface area contributed by atoms with Gasteiger partial charge in [0, 0.05) is 12.0 Å². The summed E-state index contributed by atoms with van der Waals surface area (Å²) in [6.07, 6.45) is 3.11. The Bertz CT molecular complexity index is 1010. The Kier molecular flexibility index (Phi) is 5.35. The van der Waals surface area contributed by atoms with Gasteiger partial charge in [-0.05, 0) is 48.0 Å². The number of benzene rings is 2. The van der Waals surface area contributed by atoms with Gasteiger partial charge in [0.25, 0.3) is 5.91 Å². The summed E-state index contributed by atoms with van der Waals surface area (Å²) in [5.74, 6) is 0.835. The molecule has 2 aromatic carbocycles. The van der Waals surface area contributed by atoms with Gasteiger partial charge in [0.05, 0.1) is 31.1 Å². The quantitative estimate of drug-likeness (QED) is 0.775. The van der Waals surface area contributed by atoms with E-state index in [1.807, 2.05) is 18.2 Å². The highest BCUT2D eigenvalue weighted by molar-refractivity contribution is 8.18. The van der Waals surface area contributed by atoms with Gasteiger partial charge in [-0.15, -0.1) is 0 Å². The van der Waals surface area contributed by atoms with Gasteiger partial charge >= 0.3 is 0 Å². The lowest BCUT2D eigenvalue weighted by Gasteiger charge is -2.32. The minimum absolute atomic E-state index is 0.126. The summed E-state index contributed by atoms with van der Waals surface area (Å²) >= 11 is 1.51. The number of rotatable bonds is 3. The first kappa shape index (κ1) is 19.4. The highest BCUT2D eigenvalue weighted by atomic mass is 32.2. The van der Waals surface area contributed by atoms with Crippen LogP contribution in [0.4, 0.5) is 0 Å². The molecule has 3 aliphatic rings. The first-order valence-corrected chi connectivity index (χ1v) is 11.4. The summed E-state index contributed by atoms with van der Waals surface area (Å²) in [4.78, 5) is 21.4. The molecule has 0 unspecified atom stereocenters. The SMILES string of the molecule is C[C@@H]1Cc2cc(/C=C3/SC(N4CC[NH+](Cc5ccccc5)CC4)=NC3=O)ccc2O1. The normalized spacial score (nSPS) is 22.9. The van der Waals surface area contributed by atoms with E-state index in [-0.39, 0.29) is 12.0 Å². The summed E-state index contributed by atoms with van der Waals surface area (Å²) in [7, 11) is 0. The average Bonchev–Trinajstić information content (AvgIpc) is 3.30. The van der Waals surface area contributed by atoms with Crippen LogP contribution in [-0.4, -0.2) is 48.3 Å². The van der Waals surface area contributed by atoms with E-state index in [0.29, 0.717) is 4.91 Å². The van der Waals surface area contributed by atoms with Crippen LogP contribution in [-0.2, 0) is 17.8 Å². The van der Waals surface area contributed by atoms with Crippen LogP contribution >= 0.6 is 11.8 Å². The predicted octanol–water partition coefficient (Wildman–Crippen LogP) is 2.38. The molecule has 3 aliphatic heterocycles. The number of amidine groups is 1. The van der Waals surface area contributed by atoms with Crippen molar-refractivity contribution in [2.24, 2.45) is 4.99 Å². The van der Waals surface area contributed by atoms with E-state index >= 15 is 0 Å². The van der Waals surface area contributed by atoms with Gasteiger partial charge in [-0.1, -0.05) is 36.4 Å². The Morgan fingerprint density at radius 1 is 1.20 bits per heavy atom. The topological polar surface area (TPSA) is 46.3 Å². The van der Waals surface area contributed by atoms with Gasteiger partial charge in [-0.3, -0.25) is 4.79 Å². The fraction of sp³-hybridized carbons (Fsp3) is 0.333. The molecule has 5 rings (SSSR count). The number of piperazine rings is 1. The second kappa shape index (κ2) is 8.28. The third-order valence-corrected chi connectivity index (χ3v) is 6.91. The Labute approximate surface area is 181 Å². The molecule has 6 heteroatoms. The smallest absolute Gasteiger partial charge is 0.286 e. The van der Waals surface area contributed by atoms with Crippen LogP contribution in [0.15, 0.2) is 58.4 Å². The lowest BCUT2D eigenvalue weighted by Crippen LogP contribution is -3.13. The monoisotopic (exact) mass is 420 g/mol. The van der Waals surface area contributed by atoms with Gasteiger partial charge in [-0.25, -0.2) is 0 Å². The van der Waals surface area contributed by atoms with Crippen molar-refractivity contribution in [2.45, 2.75) is 26.0 Å². The number of nitrogens with one attached hydrogen (secondary N) is 1. The van der Waals surface area contributed by atoms with Crippen molar-refractivity contribution < 1.29 is 14.4 Å². The summed E-state index contributed by atoms with van der Waals surface area (Å²) < 4.78 is 5.77. The largest absolute Gasteiger partial charge is 0.490 e. The van der Waals surface area contributed by atoms with Gasteiger partial charge in [0.15, 0.2) is 5.17 Å². The molecule has 154 valence electrons. The van der Waals surface area contributed by atoms with Crippen LogP contribution in [0.5, 0.6) is 5.75 Å². The highest BCUT2D eigenvalue weighted by Crippen LogP contribution is 2.33. The molecule has 5 nitrogen and oxygen atoms in total. The fourth-order valence-electron chi connectivity index (χ4n) is 4.29. The first-order valence-electron chi connectivity index (χ1n) is 10.6. The summed E-state index contributed by atoms with van der Waals surface area (Å²) in [5.41, 5.74) is 3.63. The molecule has 0 radical (unpaired) electrons. The Morgan fingerprint density at radius 3 is 2.80 bits per heavy atom. The van der Waals surface area contributed by atoms with Gasteiger partial charge < -0.3 is 14.5 Å². The molecule has 1 fully saturated rings. The molecule has 0 aromatic heterocycles. The lowest BCUT2D eigenvalue weighted by atomic mass is 10.1. The maximum Gasteiger partial charge on any atom is 0.286 e.